The number of amides is 1. The third-order valence-electron chi connectivity index (χ3n) is 3.39. The first-order chi connectivity index (χ1) is 10.5. The standard InChI is InChI=1S/C16H21F3N2O2/c1-15(2,3)23-14(22)21-9-11(10-21)8-20-13-6-4-5-12(7-13)16(17,18)19/h4-7,11,20H,8-10H2,1-3H3. The van der Waals surface area contributed by atoms with E-state index in [1.165, 1.54) is 6.07 Å². The zero-order chi connectivity index (χ0) is 17.3. The number of alkyl halides is 3. The summed E-state index contributed by atoms with van der Waals surface area (Å²) in [5.74, 6) is 0.206. The van der Waals surface area contributed by atoms with E-state index in [1.54, 1.807) is 31.7 Å². The van der Waals surface area contributed by atoms with Crippen molar-refractivity contribution in [2.75, 3.05) is 25.0 Å². The summed E-state index contributed by atoms with van der Waals surface area (Å²) in [7, 11) is 0. The molecule has 1 fully saturated rings. The number of halogens is 3. The van der Waals surface area contributed by atoms with Crippen molar-refractivity contribution in [1.82, 2.24) is 4.90 Å². The molecule has 7 heteroatoms. The average Bonchev–Trinajstić information content (AvgIpc) is 2.34. The summed E-state index contributed by atoms with van der Waals surface area (Å²) < 4.78 is 43.1. The lowest BCUT2D eigenvalue weighted by atomic mass is 10.0. The number of rotatable bonds is 3. The van der Waals surface area contributed by atoms with Crippen LogP contribution in [0.3, 0.4) is 0 Å². The van der Waals surface area contributed by atoms with E-state index < -0.39 is 17.3 Å². The highest BCUT2D eigenvalue weighted by atomic mass is 19.4. The van der Waals surface area contributed by atoms with Crippen molar-refractivity contribution >= 4 is 11.8 Å². The molecule has 0 bridgehead atoms. The van der Waals surface area contributed by atoms with Crippen LogP contribution in [0.5, 0.6) is 0 Å². The predicted molar refractivity (Wildman–Crippen MR) is 81.2 cm³/mol. The van der Waals surface area contributed by atoms with Crippen LogP contribution < -0.4 is 5.32 Å². The van der Waals surface area contributed by atoms with Gasteiger partial charge in [-0.3, -0.25) is 0 Å². The number of ether oxygens (including phenoxy) is 1. The van der Waals surface area contributed by atoms with Gasteiger partial charge in [-0.05, 0) is 39.0 Å². The van der Waals surface area contributed by atoms with E-state index in [9.17, 15) is 18.0 Å². The topological polar surface area (TPSA) is 41.6 Å². The molecular formula is C16H21F3N2O2. The van der Waals surface area contributed by atoms with Crippen LogP contribution in [0.15, 0.2) is 24.3 Å². The van der Waals surface area contributed by atoms with E-state index in [4.69, 9.17) is 4.74 Å². The second kappa shape index (κ2) is 6.29. The Morgan fingerprint density at radius 3 is 2.52 bits per heavy atom. The molecule has 0 aromatic heterocycles. The molecule has 1 aliphatic rings. The molecule has 0 aliphatic carbocycles. The predicted octanol–water partition coefficient (Wildman–Crippen LogP) is 3.98. The Labute approximate surface area is 133 Å². The monoisotopic (exact) mass is 330 g/mol. The van der Waals surface area contributed by atoms with Crippen molar-refractivity contribution < 1.29 is 22.7 Å². The summed E-state index contributed by atoms with van der Waals surface area (Å²) in [6, 6.07) is 5.10. The van der Waals surface area contributed by atoms with Gasteiger partial charge >= 0.3 is 12.3 Å². The number of hydrogen-bond donors (Lipinski definition) is 1. The summed E-state index contributed by atoms with van der Waals surface area (Å²) in [4.78, 5) is 13.4. The van der Waals surface area contributed by atoms with Crippen LogP contribution in [-0.2, 0) is 10.9 Å². The molecule has 1 aromatic carbocycles. The van der Waals surface area contributed by atoms with Gasteiger partial charge in [-0.25, -0.2) is 4.79 Å². The number of anilines is 1. The largest absolute Gasteiger partial charge is 0.444 e. The van der Waals surface area contributed by atoms with Crippen molar-refractivity contribution in [3.8, 4) is 0 Å². The van der Waals surface area contributed by atoms with Gasteiger partial charge < -0.3 is 15.0 Å². The van der Waals surface area contributed by atoms with Crippen molar-refractivity contribution in [2.24, 2.45) is 5.92 Å². The van der Waals surface area contributed by atoms with Crippen LogP contribution in [0.4, 0.5) is 23.7 Å². The maximum Gasteiger partial charge on any atom is 0.416 e. The molecule has 0 atom stereocenters. The molecular weight excluding hydrogens is 309 g/mol. The molecule has 1 aliphatic heterocycles. The Kier molecular flexibility index (Phi) is 4.77. The fourth-order valence-corrected chi connectivity index (χ4v) is 2.24. The number of likely N-dealkylation sites (tertiary alicyclic amines) is 1. The third kappa shape index (κ3) is 5.04. The molecule has 23 heavy (non-hydrogen) atoms. The highest BCUT2D eigenvalue weighted by molar-refractivity contribution is 5.69. The van der Waals surface area contributed by atoms with Crippen molar-refractivity contribution in [2.45, 2.75) is 32.5 Å². The molecule has 4 nitrogen and oxygen atoms in total. The van der Waals surface area contributed by atoms with Crippen LogP contribution in [0.25, 0.3) is 0 Å². The Morgan fingerprint density at radius 1 is 1.30 bits per heavy atom. The zero-order valence-electron chi connectivity index (χ0n) is 13.4. The van der Waals surface area contributed by atoms with Crippen molar-refractivity contribution in [1.29, 1.82) is 0 Å². The van der Waals surface area contributed by atoms with Crippen LogP contribution in [0.2, 0.25) is 0 Å². The number of benzene rings is 1. The number of nitrogens with one attached hydrogen (secondary N) is 1. The molecule has 0 saturated carbocycles. The van der Waals surface area contributed by atoms with Crippen molar-refractivity contribution in [3.05, 3.63) is 29.8 Å². The number of carbonyl (C=O) groups is 1. The fraction of sp³-hybridized carbons (Fsp3) is 0.562. The van der Waals surface area contributed by atoms with E-state index in [1.807, 2.05) is 0 Å². The molecule has 1 amide bonds. The highest BCUT2D eigenvalue weighted by Gasteiger charge is 2.34. The lowest BCUT2D eigenvalue weighted by Crippen LogP contribution is -2.53. The van der Waals surface area contributed by atoms with Gasteiger partial charge in [0.2, 0.25) is 0 Å². The van der Waals surface area contributed by atoms with Crippen LogP contribution in [0, 0.1) is 5.92 Å². The Hall–Kier alpha value is -1.92. The minimum atomic E-state index is -4.35. The van der Waals surface area contributed by atoms with Gasteiger partial charge in [0.15, 0.2) is 0 Å². The number of nitrogens with zero attached hydrogens (tertiary/aromatic N) is 1. The molecule has 1 aromatic rings. The fourth-order valence-electron chi connectivity index (χ4n) is 2.24. The van der Waals surface area contributed by atoms with E-state index in [0.29, 0.717) is 25.3 Å². The van der Waals surface area contributed by atoms with Crippen molar-refractivity contribution in [3.63, 3.8) is 0 Å². The van der Waals surface area contributed by atoms with Gasteiger partial charge in [-0.15, -0.1) is 0 Å². The molecule has 1 saturated heterocycles. The third-order valence-corrected chi connectivity index (χ3v) is 3.39. The van der Waals surface area contributed by atoms with E-state index >= 15 is 0 Å². The zero-order valence-corrected chi connectivity index (χ0v) is 13.4. The lowest BCUT2D eigenvalue weighted by molar-refractivity contribution is -0.137. The lowest BCUT2D eigenvalue weighted by Gasteiger charge is -2.40. The van der Waals surface area contributed by atoms with Gasteiger partial charge in [0, 0.05) is 31.2 Å². The second-order valence-electron chi connectivity index (χ2n) is 6.71. The number of hydrogen-bond acceptors (Lipinski definition) is 3. The smallest absolute Gasteiger partial charge is 0.416 e. The Bertz CT molecular complexity index is 561. The minimum Gasteiger partial charge on any atom is -0.444 e. The molecule has 128 valence electrons. The SMILES string of the molecule is CC(C)(C)OC(=O)N1CC(CNc2cccc(C(F)(F)F)c2)C1. The van der Waals surface area contributed by atoms with Gasteiger partial charge in [0.1, 0.15) is 5.60 Å². The van der Waals surface area contributed by atoms with Crippen LogP contribution in [0.1, 0.15) is 26.3 Å². The average molecular weight is 330 g/mol. The first kappa shape index (κ1) is 17.4. The summed E-state index contributed by atoms with van der Waals surface area (Å²) in [5.41, 5.74) is -0.777. The molecule has 0 radical (unpaired) electrons. The Balaban J connectivity index is 1.78. The summed E-state index contributed by atoms with van der Waals surface area (Å²) in [6.45, 7) is 7.01. The minimum absolute atomic E-state index is 0.206. The maximum atomic E-state index is 12.6. The van der Waals surface area contributed by atoms with E-state index in [2.05, 4.69) is 5.32 Å². The van der Waals surface area contributed by atoms with Gasteiger partial charge in [0.25, 0.3) is 0 Å². The summed E-state index contributed by atoms with van der Waals surface area (Å²) in [5, 5.41) is 2.99. The first-order valence-electron chi connectivity index (χ1n) is 7.44. The molecule has 1 N–H and O–H groups in total. The summed E-state index contributed by atoms with van der Waals surface area (Å²) >= 11 is 0. The van der Waals surface area contributed by atoms with E-state index in [0.717, 1.165) is 12.1 Å². The molecule has 2 rings (SSSR count). The Morgan fingerprint density at radius 2 is 1.96 bits per heavy atom. The van der Waals surface area contributed by atoms with Gasteiger partial charge in [-0.1, -0.05) is 6.07 Å². The number of carbonyl (C=O) groups excluding carboxylic acids is 1. The van der Waals surface area contributed by atoms with Gasteiger partial charge in [-0.2, -0.15) is 13.2 Å². The van der Waals surface area contributed by atoms with Crippen LogP contribution in [-0.4, -0.2) is 36.2 Å². The second-order valence-corrected chi connectivity index (χ2v) is 6.71. The molecule has 0 unspecified atom stereocenters. The quantitative estimate of drug-likeness (QED) is 0.911. The van der Waals surface area contributed by atoms with E-state index in [-0.39, 0.29) is 12.0 Å². The normalized spacial score (nSPS) is 16.0. The summed E-state index contributed by atoms with van der Waals surface area (Å²) in [6.07, 6.45) is -4.70. The molecule has 1 heterocycles. The highest BCUT2D eigenvalue weighted by Crippen LogP contribution is 2.30. The van der Waals surface area contributed by atoms with Crippen LogP contribution >= 0.6 is 0 Å². The maximum absolute atomic E-state index is 12.6. The first-order valence-corrected chi connectivity index (χ1v) is 7.44. The molecule has 0 spiro atoms. The van der Waals surface area contributed by atoms with Gasteiger partial charge in [0.05, 0.1) is 5.56 Å².